The second-order valence-corrected chi connectivity index (χ2v) is 6.57. The maximum Gasteiger partial charge on any atom is 0.313 e. The van der Waals surface area contributed by atoms with Gasteiger partial charge in [-0.1, -0.05) is 18.2 Å². The fourth-order valence-electron chi connectivity index (χ4n) is 3.12. The molecule has 162 valence electrons. The van der Waals surface area contributed by atoms with Crippen molar-refractivity contribution in [3.8, 4) is 17.2 Å². The van der Waals surface area contributed by atoms with E-state index in [4.69, 9.17) is 14.2 Å². The summed E-state index contributed by atoms with van der Waals surface area (Å²) in [7, 11) is 6.33. The zero-order valence-electron chi connectivity index (χ0n) is 17.7. The standard InChI is InChI=1S/C22H24N4O5/c1-26-12-11-23-20(26)19(15-7-5-6-8-17(15)30-3)25-22(28)21(27)24-16-10-9-14(29-2)13-18(16)31-4/h5-13,19H,1-4H3,(H,24,27)(H,25,28). The molecule has 0 spiro atoms. The van der Waals surface area contributed by atoms with E-state index in [1.807, 2.05) is 18.2 Å². The van der Waals surface area contributed by atoms with Crippen molar-refractivity contribution in [2.45, 2.75) is 6.04 Å². The van der Waals surface area contributed by atoms with E-state index in [-0.39, 0.29) is 0 Å². The molecule has 2 amide bonds. The van der Waals surface area contributed by atoms with E-state index in [9.17, 15) is 9.59 Å². The molecule has 0 bridgehead atoms. The SMILES string of the molecule is COc1ccc(NC(=O)C(=O)NC(c2ccccc2OC)c2nccn2C)c(OC)c1. The zero-order valence-corrected chi connectivity index (χ0v) is 17.7. The maximum absolute atomic E-state index is 12.8. The van der Waals surface area contributed by atoms with Crippen molar-refractivity contribution in [3.05, 3.63) is 66.2 Å². The Labute approximate surface area is 180 Å². The summed E-state index contributed by atoms with van der Waals surface area (Å²) in [6, 6.07) is 11.4. The summed E-state index contributed by atoms with van der Waals surface area (Å²) in [5.41, 5.74) is 1.01. The van der Waals surface area contributed by atoms with Crippen LogP contribution in [0.4, 0.5) is 5.69 Å². The van der Waals surface area contributed by atoms with Crippen molar-refractivity contribution in [2.24, 2.45) is 7.05 Å². The molecule has 9 nitrogen and oxygen atoms in total. The number of aryl methyl sites for hydroxylation is 1. The van der Waals surface area contributed by atoms with E-state index in [0.29, 0.717) is 34.3 Å². The van der Waals surface area contributed by atoms with Crippen LogP contribution in [0.25, 0.3) is 0 Å². The Kier molecular flexibility index (Phi) is 6.76. The fourth-order valence-corrected chi connectivity index (χ4v) is 3.12. The van der Waals surface area contributed by atoms with Crippen LogP contribution in [0.2, 0.25) is 0 Å². The Morgan fingerprint density at radius 2 is 1.71 bits per heavy atom. The molecule has 2 N–H and O–H groups in total. The van der Waals surface area contributed by atoms with Gasteiger partial charge in [-0.05, 0) is 18.2 Å². The minimum absolute atomic E-state index is 0.342. The van der Waals surface area contributed by atoms with Gasteiger partial charge < -0.3 is 29.4 Å². The molecule has 31 heavy (non-hydrogen) atoms. The normalized spacial score (nSPS) is 11.4. The second-order valence-electron chi connectivity index (χ2n) is 6.57. The number of rotatable bonds is 7. The molecular weight excluding hydrogens is 400 g/mol. The molecule has 9 heteroatoms. The molecule has 0 saturated carbocycles. The van der Waals surface area contributed by atoms with Crippen LogP contribution in [0.3, 0.4) is 0 Å². The number of hydrogen-bond acceptors (Lipinski definition) is 6. The number of para-hydroxylation sites is 1. The molecule has 1 heterocycles. The van der Waals surface area contributed by atoms with Crippen molar-refractivity contribution in [3.63, 3.8) is 0 Å². The van der Waals surface area contributed by atoms with Gasteiger partial charge in [0.1, 0.15) is 29.1 Å². The number of carbonyl (C=O) groups is 2. The van der Waals surface area contributed by atoms with Crippen molar-refractivity contribution >= 4 is 17.5 Å². The highest BCUT2D eigenvalue weighted by Crippen LogP contribution is 2.30. The monoisotopic (exact) mass is 424 g/mol. The number of imidazole rings is 1. The zero-order chi connectivity index (χ0) is 22.4. The number of hydrogen-bond donors (Lipinski definition) is 2. The molecule has 1 unspecified atom stereocenters. The van der Waals surface area contributed by atoms with E-state index in [2.05, 4.69) is 15.6 Å². The highest BCUT2D eigenvalue weighted by molar-refractivity contribution is 6.39. The number of nitrogens with zero attached hydrogens (tertiary/aromatic N) is 2. The number of aromatic nitrogens is 2. The third-order valence-corrected chi connectivity index (χ3v) is 4.71. The topological polar surface area (TPSA) is 104 Å². The molecule has 0 fully saturated rings. The Balaban J connectivity index is 1.86. The van der Waals surface area contributed by atoms with Crippen LogP contribution in [-0.4, -0.2) is 42.7 Å². The third kappa shape index (κ3) is 4.77. The summed E-state index contributed by atoms with van der Waals surface area (Å²) >= 11 is 0. The average molecular weight is 424 g/mol. The summed E-state index contributed by atoms with van der Waals surface area (Å²) < 4.78 is 17.6. The summed E-state index contributed by atoms with van der Waals surface area (Å²) in [6.07, 6.45) is 3.37. The van der Waals surface area contributed by atoms with Gasteiger partial charge in [-0.3, -0.25) is 9.59 Å². The van der Waals surface area contributed by atoms with E-state index in [0.717, 1.165) is 0 Å². The lowest BCUT2D eigenvalue weighted by atomic mass is 10.0. The van der Waals surface area contributed by atoms with Crippen LogP contribution in [0.1, 0.15) is 17.4 Å². The highest BCUT2D eigenvalue weighted by Gasteiger charge is 2.27. The van der Waals surface area contributed by atoms with Gasteiger partial charge in [0.15, 0.2) is 0 Å². The Hall–Kier alpha value is -4.01. The number of methoxy groups -OCH3 is 3. The summed E-state index contributed by atoms with van der Waals surface area (Å²) in [6.45, 7) is 0. The van der Waals surface area contributed by atoms with Crippen LogP contribution in [-0.2, 0) is 16.6 Å². The Morgan fingerprint density at radius 3 is 2.35 bits per heavy atom. The minimum Gasteiger partial charge on any atom is -0.497 e. The van der Waals surface area contributed by atoms with E-state index in [1.54, 1.807) is 55.4 Å². The molecule has 0 aliphatic rings. The van der Waals surface area contributed by atoms with E-state index >= 15 is 0 Å². The van der Waals surface area contributed by atoms with Crippen LogP contribution in [0.15, 0.2) is 54.9 Å². The lowest BCUT2D eigenvalue weighted by Crippen LogP contribution is -2.39. The molecule has 0 radical (unpaired) electrons. The number of anilines is 1. The van der Waals surface area contributed by atoms with Gasteiger partial charge in [0.25, 0.3) is 0 Å². The highest BCUT2D eigenvalue weighted by atomic mass is 16.5. The van der Waals surface area contributed by atoms with Gasteiger partial charge in [0.2, 0.25) is 0 Å². The molecule has 0 aliphatic carbocycles. The summed E-state index contributed by atoms with van der Waals surface area (Å²) in [5, 5.41) is 5.32. The number of carbonyl (C=O) groups excluding carboxylic acids is 2. The predicted octanol–water partition coefficient (Wildman–Crippen LogP) is 2.29. The van der Waals surface area contributed by atoms with Crippen molar-refractivity contribution < 1.29 is 23.8 Å². The average Bonchev–Trinajstić information content (AvgIpc) is 3.22. The maximum atomic E-state index is 12.8. The molecule has 1 atom stereocenters. The predicted molar refractivity (Wildman–Crippen MR) is 114 cm³/mol. The van der Waals surface area contributed by atoms with Crippen molar-refractivity contribution in [2.75, 3.05) is 26.6 Å². The summed E-state index contributed by atoms with van der Waals surface area (Å²) in [5.74, 6) is 0.353. The third-order valence-electron chi connectivity index (χ3n) is 4.71. The Morgan fingerprint density at radius 1 is 0.968 bits per heavy atom. The fraction of sp³-hybridized carbons (Fsp3) is 0.227. The molecule has 3 aromatic rings. The minimum atomic E-state index is -0.849. The molecular formula is C22H24N4O5. The van der Waals surface area contributed by atoms with E-state index in [1.165, 1.54) is 14.2 Å². The second kappa shape index (κ2) is 9.66. The van der Waals surface area contributed by atoms with Crippen LogP contribution in [0.5, 0.6) is 17.2 Å². The molecule has 3 rings (SSSR count). The molecule has 0 saturated heterocycles. The molecule has 1 aromatic heterocycles. The number of amides is 2. The van der Waals surface area contributed by atoms with Gasteiger partial charge in [-0.25, -0.2) is 4.98 Å². The van der Waals surface area contributed by atoms with Gasteiger partial charge in [0, 0.05) is 31.1 Å². The van der Waals surface area contributed by atoms with Crippen molar-refractivity contribution in [1.82, 2.24) is 14.9 Å². The van der Waals surface area contributed by atoms with Crippen LogP contribution in [0, 0.1) is 0 Å². The smallest absolute Gasteiger partial charge is 0.313 e. The lowest BCUT2D eigenvalue weighted by molar-refractivity contribution is -0.136. The number of benzene rings is 2. The first-order chi connectivity index (χ1) is 15.0. The quantitative estimate of drug-likeness (QED) is 0.564. The number of nitrogens with one attached hydrogen (secondary N) is 2. The van der Waals surface area contributed by atoms with Gasteiger partial charge in [0.05, 0.1) is 27.0 Å². The van der Waals surface area contributed by atoms with Gasteiger partial charge >= 0.3 is 11.8 Å². The lowest BCUT2D eigenvalue weighted by Gasteiger charge is -2.21. The Bertz CT molecular complexity index is 1080. The van der Waals surface area contributed by atoms with Gasteiger partial charge in [-0.2, -0.15) is 0 Å². The summed E-state index contributed by atoms with van der Waals surface area (Å²) in [4.78, 5) is 29.8. The first-order valence-electron chi connectivity index (χ1n) is 9.42. The largest absolute Gasteiger partial charge is 0.497 e. The first kappa shape index (κ1) is 21.7. The first-order valence-corrected chi connectivity index (χ1v) is 9.42. The van der Waals surface area contributed by atoms with Crippen LogP contribution < -0.4 is 24.8 Å². The van der Waals surface area contributed by atoms with Crippen molar-refractivity contribution in [1.29, 1.82) is 0 Å². The van der Waals surface area contributed by atoms with E-state index < -0.39 is 17.9 Å². The number of ether oxygens (including phenoxy) is 3. The molecule has 0 aliphatic heterocycles. The van der Waals surface area contributed by atoms with Gasteiger partial charge in [-0.15, -0.1) is 0 Å². The molecule has 2 aromatic carbocycles. The van der Waals surface area contributed by atoms with Crippen LogP contribution >= 0.6 is 0 Å².